The molecule has 1 unspecified atom stereocenters. The summed E-state index contributed by atoms with van der Waals surface area (Å²) in [6.45, 7) is -0.0601. The smallest absolute Gasteiger partial charge is 0.338 e. The molecule has 1 N–H and O–H groups in total. The van der Waals surface area contributed by atoms with Crippen molar-refractivity contribution in [3.63, 3.8) is 0 Å². The second-order valence-electron chi connectivity index (χ2n) is 7.72. The number of imide groups is 1. The summed E-state index contributed by atoms with van der Waals surface area (Å²) in [6.07, 6.45) is -2.14. The first-order chi connectivity index (χ1) is 16.3. The molecule has 3 atom stereocenters. The summed E-state index contributed by atoms with van der Waals surface area (Å²) in [5, 5.41) is 3.18. The van der Waals surface area contributed by atoms with Gasteiger partial charge in [0.15, 0.2) is 0 Å². The first-order valence-corrected chi connectivity index (χ1v) is 11.2. The zero-order chi connectivity index (χ0) is 24.2. The van der Waals surface area contributed by atoms with E-state index in [0.29, 0.717) is 15.6 Å². The minimum atomic E-state index is -0.831. The Kier molecular flexibility index (Phi) is 7.35. The third-order valence-electron chi connectivity index (χ3n) is 5.41. The standard InChI is InChI=1S/C23H20Cl2N2O7/c24-15-5-1-13(2-6-15)21(29)32-12-18-17(34-22(30)14-3-7-16(25)8-4-14)11-20(33-18)27-10-9-19(28)26-23(27)31/h1-8,17-18,20H,9-12H2,(H,26,28,31)/t17?,18-,20-/m1/s1. The minimum Gasteiger partial charge on any atom is -0.459 e. The number of carbonyl (C=O) groups is 4. The molecule has 3 amide bonds. The fraction of sp³-hybridized carbons (Fsp3) is 0.304. The van der Waals surface area contributed by atoms with Crippen LogP contribution in [0.4, 0.5) is 4.79 Å². The summed E-state index contributed by atoms with van der Waals surface area (Å²) in [5.74, 6) is -1.59. The largest absolute Gasteiger partial charge is 0.459 e. The van der Waals surface area contributed by atoms with Crippen LogP contribution in [0, 0.1) is 0 Å². The van der Waals surface area contributed by atoms with Crippen LogP contribution in [-0.2, 0) is 19.0 Å². The highest BCUT2D eigenvalue weighted by atomic mass is 35.5. The summed E-state index contributed by atoms with van der Waals surface area (Å²) in [5.41, 5.74) is 0.577. The molecule has 0 aromatic heterocycles. The fourth-order valence-electron chi connectivity index (χ4n) is 3.64. The lowest BCUT2D eigenvalue weighted by Gasteiger charge is -2.31. The highest BCUT2D eigenvalue weighted by Crippen LogP contribution is 2.28. The summed E-state index contributed by atoms with van der Waals surface area (Å²) < 4.78 is 17.0. The van der Waals surface area contributed by atoms with E-state index in [9.17, 15) is 19.2 Å². The number of nitrogens with one attached hydrogen (secondary N) is 1. The monoisotopic (exact) mass is 506 g/mol. The molecule has 2 aromatic rings. The molecule has 2 heterocycles. The number of urea groups is 1. The normalized spacial score (nSPS) is 22.3. The van der Waals surface area contributed by atoms with Crippen LogP contribution in [0.25, 0.3) is 0 Å². The fourth-order valence-corrected chi connectivity index (χ4v) is 3.89. The zero-order valence-electron chi connectivity index (χ0n) is 17.7. The SMILES string of the molecule is O=C1CCN([C@H]2CC(OC(=O)c3ccc(Cl)cc3)[C@@H](COC(=O)c3ccc(Cl)cc3)O2)C(=O)N1. The summed E-state index contributed by atoms with van der Waals surface area (Å²) >= 11 is 11.7. The Morgan fingerprint density at radius 3 is 2.15 bits per heavy atom. The number of hydrogen-bond acceptors (Lipinski definition) is 7. The molecule has 2 saturated heterocycles. The molecule has 0 radical (unpaired) electrons. The van der Waals surface area contributed by atoms with E-state index in [2.05, 4.69) is 5.32 Å². The van der Waals surface area contributed by atoms with Crippen molar-refractivity contribution in [3.05, 3.63) is 69.7 Å². The van der Waals surface area contributed by atoms with Gasteiger partial charge in [0.05, 0.1) is 11.1 Å². The molecule has 178 valence electrons. The highest BCUT2D eigenvalue weighted by Gasteiger charge is 2.44. The van der Waals surface area contributed by atoms with E-state index in [1.807, 2.05) is 0 Å². The van der Waals surface area contributed by atoms with Crippen molar-refractivity contribution in [3.8, 4) is 0 Å². The van der Waals surface area contributed by atoms with Crippen LogP contribution in [0.15, 0.2) is 48.5 Å². The lowest BCUT2D eigenvalue weighted by atomic mass is 10.1. The van der Waals surface area contributed by atoms with Gasteiger partial charge in [0, 0.05) is 29.4 Å². The van der Waals surface area contributed by atoms with E-state index in [1.54, 1.807) is 24.3 Å². The van der Waals surface area contributed by atoms with Crippen molar-refractivity contribution in [2.24, 2.45) is 0 Å². The van der Waals surface area contributed by atoms with Gasteiger partial charge in [-0.1, -0.05) is 23.2 Å². The number of hydrogen-bond donors (Lipinski definition) is 1. The van der Waals surface area contributed by atoms with Gasteiger partial charge in [0.1, 0.15) is 25.0 Å². The molecule has 2 aromatic carbocycles. The van der Waals surface area contributed by atoms with Crippen molar-refractivity contribution in [1.29, 1.82) is 0 Å². The van der Waals surface area contributed by atoms with Gasteiger partial charge >= 0.3 is 18.0 Å². The average Bonchev–Trinajstić information content (AvgIpc) is 3.20. The zero-order valence-corrected chi connectivity index (χ0v) is 19.3. The first-order valence-electron chi connectivity index (χ1n) is 10.5. The van der Waals surface area contributed by atoms with Gasteiger partial charge in [-0.05, 0) is 48.5 Å². The van der Waals surface area contributed by atoms with E-state index >= 15 is 0 Å². The Labute approximate surface area is 204 Å². The predicted octanol–water partition coefficient (Wildman–Crippen LogP) is 3.43. The van der Waals surface area contributed by atoms with E-state index in [0.717, 1.165) is 0 Å². The molecule has 9 nitrogen and oxygen atoms in total. The van der Waals surface area contributed by atoms with Crippen LogP contribution in [0.2, 0.25) is 10.0 Å². The minimum absolute atomic E-state index is 0.122. The van der Waals surface area contributed by atoms with Crippen molar-refractivity contribution >= 4 is 47.1 Å². The molecule has 4 rings (SSSR count). The molecule has 0 saturated carbocycles. The summed E-state index contributed by atoms with van der Waals surface area (Å²) in [7, 11) is 0. The summed E-state index contributed by atoms with van der Waals surface area (Å²) in [6, 6.07) is 11.8. The van der Waals surface area contributed by atoms with Crippen LogP contribution >= 0.6 is 23.2 Å². The van der Waals surface area contributed by atoms with E-state index in [4.69, 9.17) is 37.4 Å². The highest BCUT2D eigenvalue weighted by molar-refractivity contribution is 6.31. The Hall–Kier alpha value is -3.14. The van der Waals surface area contributed by atoms with Gasteiger partial charge in [-0.2, -0.15) is 0 Å². The van der Waals surface area contributed by atoms with Gasteiger partial charge in [-0.15, -0.1) is 0 Å². The third-order valence-corrected chi connectivity index (χ3v) is 5.92. The Bertz CT molecular complexity index is 1090. The van der Waals surface area contributed by atoms with Gasteiger partial charge in [0.25, 0.3) is 0 Å². The van der Waals surface area contributed by atoms with Crippen LogP contribution in [0.5, 0.6) is 0 Å². The number of rotatable bonds is 6. The van der Waals surface area contributed by atoms with E-state index in [-0.39, 0.29) is 37.5 Å². The second-order valence-corrected chi connectivity index (χ2v) is 8.59. The topological polar surface area (TPSA) is 111 Å². The molecule has 2 aliphatic rings. The number of benzene rings is 2. The van der Waals surface area contributed by atoms with Crippen molar-refractivity contribution in [2.45, 2.75) is 31.3 Å². The van der Waals surface area contributed by atoms with Crippen molar-refractivity contribution < 1.29 is 33.4 Å². The van der Waals surface area contributed by atoms with E-state index in [1.165, 1.54) is 29.2 Å². The maximum atomic E-state index is 12.7. The predicted molar refractivity (Wildman–Crippen MR) is 121 cm³/mol. The van der Waals surface area contributed by atoms with Gasteiger partial charge in [0.2, 0.25) is 5.91 Å². The lowest BCUT2D eigenvalue weighted by molar-refractivity contribution is -0.124. The number of nitrogens with zero attached hydrogens (tertiary/aromatic N) is 1. The number of amides is 3. The van der Waals surface area contributed by atoms with Crippen LogP contribution in [0.1, 0.15) is 33.6 Å². The number of carbonyl (C=O) groups excluding carboxylic acids is 4. The lowest BCUT2D eigenvalue weighted by Crippen LogP contribution is -2.53. The molecule has 0 spiro atoms. The Balaban J connectivity index is 1.45. The average molecular weight is 507 g/mol. The molecule has 0 aliphatic carbocycles. The quantitative estimate of drug-likeness (QED) is 0.597. The second kappa shape index (κ2) is 10.4. The first kappa shape index (κ1) is 24.0. The maximum Gasteiger partial charge on any atom is 0.338 e. The number of ether oxygens (including phenoxy) is 3. The maximum absolute atomic E-state index is 12.7. The molecule has 2 aliphatic heterocycles. The molecular weight excluding hydrogens is 487 g/mol. The molecule has 0 bridgehead atoms. The number of halogens is 2. The van der Waals surface area contributed by atoms with Crippen LogP contribution in [-0.4, -0.2) is 60.4 Å². The van der Waals surface area contributed by atoms with Gasteiger partial charge < -0.3 is 14.2 Å². The molecule has 34 heavy (non-hydrogen) atoms. The Morgan fingerprint density at radius 1 is 0.971 bits per heavy atom. The van der Waals surface area contributed by atoms with E-state index < -0.39 is 36.4 Å². The van der Waals surface area contributed by atoms with Gasteiger partial charge in [-0.25, -0.2) is 14.4 Å². The Morgan fingerprint density at radius 2 is 1.56 bits per heavy atom. The van der Waals surface area contributed by atoms with Crippen LogP contribution < -0.4 is 5.32 Å². The molecule has 2 fully saturated rings. The van der Waals surface area contributed by atoms with Crippen molar-refractivity contribution in [1.82, 2.24) is 10.2 Å². The van der Waals surface area contributed by atoms with Crippen molar-refractivity contribution in [2.75, 3.05) is 13.2 Å². The molecule has 11 heteroatoms. The van der Waals surface area contributed by atoms with Crippen LogP contribution in [0.3, 0.4) is 0 Å². The summed E-state index contributed by atoms with van der Waals surface area (Å²) in [4.78, 5) is 50.2. The molecular formula is C23H20Cl2N2O7. The third kappa shape index (κ3) is 5.67. The van der Waals surface area contributed by atoms with Gasteiger partial charge in [-0.3, -0.25) is 15.0 Å². The number of esters is 2.